The predicted octanol–water partition coefficient (Wildman–Crippen LogP) is 5.16. The Labute approximate surface area is 130 Å². The Kier molecular flexibility index (Phi) is 4.69. The van der Waals surface area contributed by atoms with Crippen LogP contribution in [0.25, 0.3) is 0 Å². The van der Waals surface area contributed by atoms with Crippen molar-refractivity contribution in [1.29, 1.82) is 0 Å². The van der Waals surface area contributed by atoms with Crippen LogP contribution in [-0.2, 0) is 6.54 Å². The van der Waals surface area contributed by atoms with Crippen LogP contribution >= 0.6 is 0 Å². The largest absolute Gasteiger partial charge is 0.310 e. The summed E-state index contributed by atoms with van der Waals surface area (Å²) in [5.41, 5.74) is 2.06. The van der Waals surface area contributed by atoms with Crippen LogP contribution in [0.2, 0.25) is 0 Å². The van der Waals surface area contributed by atoms with Crippen molar-refractivity contribution in [2.24, 2.45) is 17.3 Å². The first-order chi connectivity index (χ1) is 10.2. The van der Waals surface area contributed by atoms with Gasteiger partial charge in [0.25, 0.3) is 0 Å². The van der Waals surface area contributed by atoms with Gasteiger partial charge in [-0.05, 0) is 61.8 Å². The van der Waals surface area contributed by atoms with Crippen LogP contribution in [0.3, 0.4) is 0 Å². The zero-order chi connectivity index (χ0) is 14.7. The maximum Gasteiger partial charge on any atom is 0.0207 e. The minimum atomic E-state index is 0.634. The number of fused-ring (bicyclic) bond motifs is 2. The Hall–Kier alpha value is -0.820. The van der Waals surface area contributed by atoms with Crippen molar-refractivity contribution in [3.05, 3.63) is 35.9 Å². The second-order valence-corrected chi connectivity index (χ2v) is 7.98. The van der Waals surface area contributed by atoms with Gasteiger partial charge in [0, 0.05) is 12.6 Å². The van der Waals surface area contributed by atoms with E-state index in [1.54, 1.807) is 0 Å². The second kappa shape index (κ2) is 6.52. The lowest BCUT2D eigenvalue weighted by Gasteiger charge is -2.49. The molecule has 1 aromatic rings. The van der Waals surface area contributed by atoms with Crippen molar-refractivity contribution >= 4 is 0 Å². The fraction of sp³-hybridized carbons (Fsp3) is 0.700. The molecule has 0 heterocycles. The Morgan fingerprint density at radius 1 is 1.24 bits per heavy atom. The number of nitrogens with one attached hydrogen (secondary N) is 1. The van der Waals surface area contributed by atoms with E-state index >= 15 is 0 Å². The van der Waals surface area contributed by atoms with Gasteiger partial charge in [0.15, 0.2) is 0 Å². The number of rotatable bonds is 5. The summed E-state index contributed by atoms with van der Waals surface area (Å²) in [4.78, 5) is 0. The summed E-state index contributed by atoms with van der Waals surface area (Å²) in [5, 5.41) is 3.76. The van der Waals surface area contributed by atoms with Crippen LogP contribution in [0, 0.1) is 17.3 Å². The molecule has 3 rings (SSSR count). The highest BCUT2D eigenvalue weighted by Crippen LogP contribution is 2.53. The summed E-state index contributed by atoms with van der Waals surface area (Å²) >= 11 is 0. The highest BCUT2D eigenvalue weighted by molar-refractivity contribution is 5.14. The molecule has 0 amide bonds. The molecule has 1 nitrogen and oxygen atoms in total. The molecule has 116 valence electrons. The number of benzene rings is 1. The summed E-state index contributed by atoms with van der Waals surface area (Å²) in [6, 6.07) is 11.4. The van der Waals surface area contributed by atoms with E-state index in [4.69, 9.17) is 0 Å². The van der Waals surface area contributed by atoms with E-state index in [0.717, 1.165) is 18.4 Å². The molecular formula is C20H31N. The third kappa shape index (κ3) is 3.88. The lowest BCUT2D eigenvalue weighted by molar-refractivity contribution is 0.0302. The van der Waals surface area contributed by atoms with Gasteiger partial charge in [-0.3, -0.25) is 0 Å². The van der Waals surface area contributed by atoms with E-state index < -0.39 is 0 Å². The van der Waals surface area contributed by atoms with Crippen LogP contribution in [0.15, 0.2) is 30.3 Å². The molecular weight excluding hydrogens is 254 g/mol. The third-order valence-electron chi connectivity index (χ3n) is 5.80. The van der Waals surface area contributed by atoms with Crippen molar-refractivity contribution in [3.63, 3.8) is 0 Å². The van der Waals surface area contributed by atoms with Gasteiger partial charge < -0.3 is 5.32 Å². The SMILES string of the molecule is CC1C[C@@H]2CCCC(CC(C)NCc3ccccc3)(C1)C2. The summed E-state index contributed by atoms with van der Waals surface area (Å²) in [7, 11) is 0. The molecule has 2 fully saturated rings. The van der Waals surface area contributed by atoms with Crippen molar-refractivity contribution in [1.82, 2.24) is 5.32 Å². The van der Waals surface area contributed by atoms with Crippen LogP contribution in [0.4, 0.5) is 0 Å². The predicted molar refractivity (Wildman–Crippen MR) is 90.1 cm³/mol. The summed E-state index contributed by atoms with van der Waals surface area (Å²) in [6.07, 6.45) is 10.3. The normalized spacial score (nSPS) is 33.6. The van der Waals surface area contributed by atoms with E-state index in [1.165, 1.54) is 50.5 Å². The van der Waals surface area contributed by atoms with Gasteiger partial charge in [-0.25, -0.2) is 0 Å². The van der Waals surface area contributed by atoms with Crippen molar-refractivity contribution in [3.8, 4) is 0 Å². The molecule has 4 atom stereocenters. The smallest absolute Gasteiger partial charge is 0.0207 e. The summed E-state index contributed by atoms with van der Waals surface area (Å²) in [5.74, 6) is 1.98. The molecule has 0 radical (unpaired) electrons. The second-order valence-electron chi connectivity index (χ2n) is 7.98. The van der Waals surface area contributed by atoms with Crippen LogP contribution < -0.4 is 5.32 Å². The topological polar surface area (TPSA) is 12.0 Å². The Bertz CT molecular complexity index is 436. The molecule has 2 bridgehead atoms. The minimum Gasteiger partial charge on any atom is -0.310 e. The lowest BCUT2D eigenvalue weighted by atomic mass is 9.57. The van der Waals surface area contributed by atoms with Gasteiger partial charge in [0.2, 0.25) is 0 Å². The van der Waals surface area contributed by atoms with Crippen molar-refractivity contribution in [2.75, 3.05) is 0 Å². The first-order valence-corrected chi connectivity index (χ1v) is 8.92. The van der Waals surface area contributed by atoms with Crippen LogP contribution in [-0.4, -0.2) is 6.04 Å². The van der Waals surface area contributed by atoms with Gasteiger partial charge in [-0.1, -0.05) is 50.1 Å². The van der Waals surface area contributed by atoms with Crippen LogP contribution in [0.1, 0.15) is 64.4 Å². The van der Waals surface area contributed by atoms with Crippen molar-refractivity contribution < 1.29 is 0 Å². The molecule has 0 spiro atoms. The quantitative estimate of drug-likeness (QED) is 0.788. The number of hydrogen-bond acceptors (Lipinski definition) is 1. The molecule has 3 unspecified atom stereocenters. The Morgan fingerprint density at radius 3 is 2.86 bits per heavy atom. The van der Waals surface area contributed by atoms with E-state index in [-0.39, 0.29) is 0 Å². The molecule has 2 aliphatic carbocycles. The highest BCUT2D eigenvalue weighted by atomic mass is 14.9. The fourth-order valence-corrected chi connectivity index (χ4v) is 5.24. The molecule has 1 N–H and O–H groups in total. The standard InChI is InChI=1S/C20H31N/c1-16-11-19-9-6-10-20(12-16,14-19)13-17(2)21-15-18-7-4-3-5-8-18/h3-5,7-8,16-17,19,21H,6,9-15H2,1-2H3/t16?,17?,19-,20?/m0/s1. The van der Waals surface area contributed by atoms with Gasteiger partial charge in [-0.2, -0.15) is 0 Å². The third-order valence-corrected chi connectivity index (χ3v) is 5.80. The fourth-order valence-electron chi connectivity index (χ4n) is 5.24. The molecule has 2 aliphatic rings. The molecule has 2 saturated carbocycles. The van der Waals surface area contributed by atoms with Crippen LogP contribution in [0.5, 0.6) is 0 Å². The van der Waals surface area contributed by atoms with Gasteiger partial charge >= 0.3 is 0 Å². The summed E-state index contributed by atoms with van der Waals surface area (Å²) < 4.78 is 0. The zero-order valence-corrected chi connectivity index (χ0v) is 13.8. The first kappa shape index (κ1) is 15.1. The Morgan fingerprint density at radius 2 is 2.05 bits per heavy atom. The molecule has 0 aromatic heterocycles. The maximum absolute atomic E-state index is 3.76. The average molecular weight is 285 g/mol. The average Bonchev–Trinajstić information content (AvgIpc) is 2.45. The van der Waals surface area contributed by atoms with E-state index in [1.807, 2.05) is 0 Å². The molecule has 1 aromatic carbocycles. The highest BCUT2D eigenvalue weighted by Gasteiger charge is 2.42. The van der Waals surface area contributed by atoms with E-state index in [2.05, 4.69) is 49.5 Å². The van der Waals surface area contributed by atoms with E-state index in [9.17, 15) is 0 Å². The molecule has 0 saturated heterocycles. The molecule has 0 aliphatic heterocycles. The number of hydrogen-bond donors (Lipinski definition) is 1. The zero-order valence-electron chi connectivity index (χ0n) is 13.8. The first-order valence-electron chi connectivity index (χ1n) is 8.92. The maximum atomic E-state index is 3.76. The van der Waals surface area contributed by atoms with E-state index in [0.29, 0.717) is 11.5 Å². The van der Waals surface area contributed by atoms with Gasteiger partial charge in [0.1, 0.15) is 0 Å². The van der Waals surface area contributed by atoms with Gasteiger partial charge in [0.05, 0.1) is 0 Å². The lowest BCUT2D eigenvalue weighted by Crippen LogP contribution is -2.41. The summed E-state index contributed by atoms with van der Waals surface area (Å²) in [6.45, 7) is 5.88. The molecule has 21 heavy (non-hydrogen) atoms. The Balaban J connectivity index is 1.54. The minimum absolute atomic E-state index is 0.634. The molecule has 1 heteroatoms. The van der Waals surface area contributed by atoms with Gasteiger partial charge in [-0.15, -0.1) is 0 Å². The van der Waals surface area contributed by atoms with Crippen molar-refractivity contribution in [2.45, 2.75) is 71.4 Å². The monoisotopic (exact) mass is 285 g/mol.